The number of nitrogens with one attached hydrogen (secondary N) is 2. The van der Waals surface area contributed by atoms with Crippen LogP contribution in [0.2, 0.25) is 0 Å². The Morgan fingerprint density at radius 3 is 2.40 bits per heavy atom. The molecule has 3 N–H and O–H groups in total. The van der Waals surface area contributed by atoms with Gasteiger partial charge in [-0.1, -0.05) is 60.7 Å². The van der Waals surface area contributed by atoms with Gasteiger partial charge >= 0.3 is 0 Å². The van der Waals surface area contributed by atoms with E-state index in [-0.39, 0.29) is 24.5 Å². The van der Waals surface area contributed by atoms with Crippen molar-refractivity contribution in [3.63, 3.8) is 0 Å². The molecule has 1 fully saturated rings. The molecule has 1 aliphatic heterocycles. The van der Waals surface area contributed by atoms with E-state index in [1.54, 1.807) is 42.7 Å². The lowest BCUT2D eigenvalue weighted by molar-refractivity contribution is -0.149. The van der Waals surface area contributed by atoms with Gasteiger partial charge in [0.25, 0.3) is 0 Å². The predicted octanol–water partition coefficient (Wildman–Crippen LogP) is 4.17. The van der Waals surface area contributed by atoms with Crippen LogP contribution >= 0.6 is 11.3 Å². The molecular formula is C38H47N5O4S. The van der Waals surface area contributed by atoms with Crippen LogP contribution in [-0.2, 0) is 33.6 Å². The first-order chi connectivity index (χ1) is 23.4. The zero-order chi connectivity index (χ0) is 33.7. The number of thiophene rings is 1. The van der Waals surface area contributed by atoms with Crippen molar-refractivity contribution >= 4 is 23.2 Å². The summed E-state index contributed by atoms with van der Waals surface area (Å²) in [5, 5.41) is 20.1. The minimum Gasteiger partial charge on any atom is -0.376 e. The number of hydrogen-bond donors (Lipinski definition) is 3. The molecule has 4 atom stereocenters. The lowest BCUT2D eigenvalue weighted by Gasteiger charge is -2.37. The summed E-state index contributed by atoms with van der Waals surface area (Å²) in [5.74, 6) is -0.501. The van der Waals surface area contributed by atoms with Crippen molar-refractivity contribution in [3.05, 3.63) is 113 Å². The van der Waals surface area contributed by atoms with Gasteiger partial charge in [0.05, 0.1) is 12.6 Å². The van der Waals surface area contributed by atoms with E-state index in [9.17, 15) is 14.7 Å². The molecule has 2 aromatic carbocycles. The number of aliphatic hydroxyl groups is 1. The second kappa shape index (κ2) is 18.0. The highest BCUT2D eigenvalue weighted by molar-refractivity contribution is 7.09. The number of hydrogen-bond acceptors (Lipinski definition) is 8. The summed E-state index contributed by atoms with van der Waals surface area (Å²) in [6.45, 7) is 1.84. The smallest absolute Gasteiger partial charge is 0.249 e. The van der Waals surface area contributed by atoms with Gasteiger partial charge in [0.1, 0.15) is 18.9 Å². The fourth-order valence-corrected chi connectivity index (χ4v) is 6.84. The Morgan fingerprint density at radius 2 is 1.71 bits per heavy atom. The molecule has 2 aromatic heterocycles. The summed E-state index contributed by atoms with van der Waals surface area (Å²) < 4.78 is 5.81. The molecule has 254 valence electrons. The highest BCUT2D eigenvalue weighted by atomic mass is 32.1. The molecule has 1 saturated heterocycles. The van der Waals surface area contributed by atoms with Crippen LogP contribution < -0.4 is 10.6 Å². The Morgan fingerprint density at radius 1 is 0.958 bits per heavy atom. The molecule has 0 radical (unpaired) electrons. The van der Waals surface area contributed by atoms with Crippen molar-refractivity contribution in [2.24, 2.45) is 0 Å². The molecule has 0 aliphatic carbocycles. The number of carbonyl (C=O) groups excluding carboxylic acids is 2. The standard InChI is InChI=1S/C38H47N5O4S/c1-42(36(44)27-47-26-32-10-6-19-40-32)35(24-29-12-14-31(15-13-29)30-8-4-3-5-9-30)38(46)43(2)34(25-33-11-7-23-48-33)37(45)41-22-18-28-16-20-39-21-17-28/h3-5,7-9,11-17,20-21,23,32,34-35,37,40-41,45H,6,10,18-19,22,24-27H2,1-2H3/t32-,34-,35-,37?/m1/s1. The zero-order valence-corrected chi connectivity index (χ0v) is 28.6. The van der Waals surface area contributed by atoms with E-state index in [2.05, 4.69) is 27.8 Å². The maximum Gasteiger partial charge on any atom is 0.249 e. The van der Waals surface area contributed by atoms with Crippen LogP contribution in [0.1, 0.15) is 28.8 Å². The van der Waals surface area contributed by atoms with E-state index in [0.717, 1.165) is 46.5 Å². The van der Waals surface area contributed by atoms with Crippen molar-refractivity contribution in [3.8, 4) is 11.1 Å². The number of amides is 2. The van der Waals surface area contributed by atoms with Crippen molar-refractivity contribution in [2.45, 2.75) is 56.5 Å². The number of ether oxygens (including phenoxy) is 1. The first-order valence-corrected chi connectivity index (χ1v) is 17.6. The zero-order valence-electron chi connectivity index (χ0n) is 27.8. The van der Waals surface area contributed by atoms with E-state index in [1.165, 1.54) is 4.90 Å². The monoisotopic (exact) mass is 669 g/mol. The Hall–Kier alpha value is -3.93. The first kappa shape index (κ1) is 35.4. The number of rotatable bonds is 17. The van der Waals surface area contributed by atoms with Gasteiger partial charge < -0.3 is 25.0 Å². The van der Waals surface area contributed by atoms with Crippen molar-refractivity contribution in [1.29, 1.82) is 0 Å². The summed E-state index contributed by atoms with van der Waals surface area (Å²) in [7, 11) is 3.40. The summed E-state index contributed by atoms with van der Waals surface area (Å²) in [6.07, 6.45) is 6.14. The highest BCUT2D eigenvalue weighted by Crippen LogP contribution is 2.22. The van der Waals surface area contributed by atoms with Gasteiger partial charge in [0.2, 0.25) is 11.8 Å². The fraction of sp³-hybridized carbons (Fsp3) is 0.395. The third-order valence-electron chi connectivity index (χ3n) is 9.06. The normalized spacial score (nSPS) is 16.3. The number of pyridine rings is 1. The van der Waals surface area contributed by atoms with E-state index >= 15 is 0 Å². The van der Waals surface area contributed by atoms with Crippen LogP contribution in [0.4, 0.5) is 0 Å². The molecule has 10 heteroatoms. The molecule has 2 amide bonds. The minimum atomic E-state index is -0.989. The van der Waals surface area contributed by atoms with Gasteiger partial charge in [-0.3, -0.25) is 19.9 Å². The molecule has 48 heavy (non-hydrogen) atoms. The predicted molar refractivity (Wildman–Crippen MR) is 191 cm³/mol. The van der Waals surface area contributed by atoms with Gasteiger partial charge in [-0.25, -0.2) is 0 Å². The molecule has 4 aromatic rings. The van der Waals surface area contributed by atoms with Crippen LogP contribution in [0.5, 0.6) is 0 Å². The largest absolute Gasteiger partial charge is 0.376 e. The quantitative estimate of drug-likeness (QED) is 0.145. The number of likely N-dealkylation sites (N-methyl/N-ethyl adjacent to an activating group) is 2. The first-order valence-electron chi connectivity index (χ1n) is 16.7. The Labute approximate surface area is 288 Å². The Balaban J connectivity index is 1.33. The number of aliphatic hydroxyl groups excluding tert-OH is 1. The van der Waals surface area contributed by atoms with Crippen LogP contribution in [0, 0.1) is 0 Å². The van der Waals surface area contributed by atoms with Gasteiger partial charge in [0, 0.05) is 56.8 Å². The average Bonchev–Trinajstić information content (AvgIpc) is 3.85. The van der Waals surface area contributed by atoms with Crippen molar-refractivity contribution in [1.82, 2.24) is 25.4 Å². The topological polar surface area (TPSA) is 107 Å². The van der Waals surface area contributed by atoms with Gasteiger partial charge in [0.15, 0.2) is 0 Å². The highest BCUT2D eigenvalue weighted by Gasteiger charge is 2.35. The summed E-state index contributed by atoms with van der Waals surface area (Å²) >= 11 is 1.59. The summed E-state index contributed by atoms with van der Waals surface area (Å²) in [6, 6.07) is 25.0. The summed E-state index contributed by atoms with van der Waals surface area (Å²) in [4.78, 5) is 36.2. The van der Waals surface area contributed by atoms with Crippen LogP contribution in [0.25, 0.3) is 11.1 Å². The second-order valence-electron chi connectivity index (χ2n) is 12.4. The van der Waals surface area contributed by atoms with E-state index in [1.807, 2.05) is 72.1 Å². The molecule has 0 spiro atoms. The molecule has 3 heterocycles. The molecule has 1 unspecified atom stereocenters. The average molecular weight is 670 g/mol. The minimum absolute atomic E-state index is 0.104. The maximum atomic E-state index is 14.5. The van der Waals surface area contributed by atoms with E-state index in [4.69, 9.17) is 4.74 Å². The fourth-order valence-electron chi connectivity index (χ4n) is 6.08. The molecule has 9 nitrogen and oxygen atoms in total. The molecule has 0 saturated carbocycles. The molecule has 0 bridgehead atoms. The SMILES string of the molecule is CN(C(=O)COC[C@H]1CCCN1)[C@H](Cc1ccc(-c2ccccc2)cc1)C(=O)N(C)[C@H](Cc1cccs1)C(O)NCCc1ccncc1. The second-order valence-corrected chi connectivity index (χ2v) is 13.4. The lowest BCUT2D eigenvalue weighted by atomic mass is 9.98. The van der Waals surface area contributed by atoms with Crippen molar-refractivity contribution < 1.29 is 19.4 Å². The van der Waals surface area contributed by atoms with Gasteiger partial charge in [-0.15, -0.1) is 11.3 Å². The van der Waals surface area contributed by atoms with E-state index in [0.29, 0.717) is 32.4 Å². The Kier molecular flexibility index (Phi) is 13.3. The van der Waals surface area contributed by atoms with Crippen LogP contribution in [0.15, 0.2) is 96.6 Å². The maximum absolute atomic E-state index is 14.5. The number of benzene rings is 2. The molecule has 1 aliphatic rings. The number of carbonyl (C=O) groups is 2. The summed E-state index contributed by atoms with van der Waals surface area (Å²) in [5.41, 5.74) is 4.23. The van der Waals surface area contributed by atoms with Crippen LogP contribution in [-0.4, -0.2) is 96.5 Å². The lowest BCUT2D eigenvalue weighted by Crippen LogP contribution is -2.57. The van der Waals surface area contributed by atoms with E-state index < -0.39 is 18.3 Å². The van der Waals surface area contributed by atoms with Crippen LogP contribution in [0.3, 0.4) is 0 Å². The van der Waals surface area contributed by atoms with Crippen molar-refractivity contribution in [2.75, 3.05) is 40.4 Å². The third kappa shape index (κ3) is 10.0. The number of aromatic nitrogens is 1. The van der Waals surface area contributed by atoms with Gasteiger partial charge in [-0.05, 0) is 71.6 Å². The Bertz CT molecular complexity index is 1530. The van der Waals surface area contributed by atoms with Gasteiger partial charge in [-0.2, -0.15) is 0 Å². The number of nitrogens with zero attached hydrogens (tertiary/aromatic N) is 3. The third-order valence-corrected chi connectivity index (χ3v) is 9.96. The molecular weight excluding hydrogens is 623 g/mol. The molecule has 5 rings (SSSR count).